The molecule has 2 saturated heterocycles. The van der Waals surface area contributed by atoms with E-state index < -0.39 is 0 Å². The smallest absolute Gasteiger partial charge is 0.0645 e. The highest BCUT2D eigenvalue weighted by atomic mass is 16.5. The first kappa shape index (κ1) is 14.3. The Morgan fingerprint density at radius 2 is 2.06 bits per heavy atom. The average molecular weight is 256 g/mol. The van der Waals surface area contributed by atoms with Crippen molar-refractivity contribution >= 4 is 0 Å². The van der Waals surface area contributed by atoms with Crippen LogP contribution in [0, 0.1) is 5.41 Å². The van der Waals surface area contributed by atoms with Crippen molar-refractivity contribution in [3.8, 4) is 0 Å². The molecule has 0 aliphatic carbocycles. The quantitative estimate of drug-likeness (QED) is 0.775. The number of rotatable bonds is 5. The molecule has 0 aromatic rings. The second-order valence-corrected chi connectivity index (χ2v) is 6.25. The van der Waals surface area contributed by atoms with E-state index in [0.29, 0.717) is 5.41 Å². The van der Waals surface area contributed by atoms with E-state index in [-0.39, 0.29) is 5.54 Å². The van der Waals surface area contributed by atoms with Crippen molar-refractivity contribution in [2.24, 2.45) is 5.41 Å². The Bertz CT molecular complexity index is 241. The molecule has 106 valence electrons. The van der Waals surface area contributed by atoms with Crippen LogP contribution in [0.4, 0.5) is 0 Å². The van der Waals surface area contributed by atoms with E-state index in [1.54, 1.807) is 0 Å². The van der Waals surface area contributed by atoms with Crippen LogP contribution in [-0.2, 0) is 9.47 Å². The number of hydrogen-bond acceptors (Lipinski definition) is 4. The molecule has 4 heteroatoms. The third-order valence-electron chi connectivity index (χ3n) is 4.44. The molecular formula is C14H28N2O2. The lowest BCUT2D eigenvalue weighted by Crippen LogP contribution is -2.55. The molecule has 0 amide bonds. The predicted octanol–water partition coefficient (Wildman–Crippen LogP) is 1.16. The normalized spacial score (nSPS) is 32.3. The molecule has 0 radical (unpaired) electrons. The summed E-state index contributed by atoms with van der Waals surface area (Å²) in [7, 11) is 1.81. The molecule has 2 heterocycles. The first-order chi connectivity index (χ1) is 8.68. The molecular weight excluding hydrogens is 228 g/mol. The van der Waals surface area contributed by atoms with Gasteiger partial charge < -0.3 is 20.1 Å². The summed E-state index contributed by atoms with van der Waals surface area (Å²) >= 11 is 0. The van der Waals surface area contributed by atoms with Gasteiger partial charge >= 0.3 is 0 Å². The zero-order valence-corrected chi connectivity index (χ0v) is 11.9. The van der Waals surface area contributed by atoms with E-state index >= 15 is 0 Å². The minimum atomic E-state index is 0.157. The first-order valence-corrected chi connectivity index (χ1v) is 7.21. The highest BCUT2D eigenvalue weighted by Crippen LogP contribution is 2.30. The fourth-order valence-electron chi connectivity index (χ4n) is 3.11. The van der Waals surface area contributed by atoms with E-state index in [1.165, 1.54) is 25.7 Å². The summed E-state index contributed by atoms with van der Waals surface area (Å²) in [6.45, 7) is 8.17. The summed E-state index contributed by atoms with van der Waals surface area (Å²) in [5.41, 5.74) is 0.463. The number of ether oxygens (including phenoxy) is 2. The molecule has 2 rings (SSSR count). The summed E-state index contributed by atoms with van der Waals surface area (Å²) in [4.78, 5) is 0. The van der Waals surface area contributed by atoms with Crippen LogP contribution in [0.1, 0.15) is 32.6 Å². The molecule has 18 heavy (non-hydrogen) atoms. The Balaban J connectivity index is 1.88. The molecule has 4 nitrogen and oxygen atoms in total. The fraction of sp³-hybridized carbons (Fsp3) is 1.00. The standard InChI is InChI=1S/C14H28N2O2/c1-13(4-3-9-18-11-13)16-10-14(12-17-2)5-7-15-8-6-14/h15-16H,3-12H2,1-2H3. The zero-order valence-electron chi connectivity index (χ0n) is 11.9. The van der Waals surface area contributed by atoms with Gasteiger partial charge in [-0.1, -0.05) is 0 Å². The lowest BCUT2D eigenvalue weighted by Gasteiger charge is -2.42. The Morgan fingerprint density at radius 1 is 1.28 bits per heavy atom. The van der Waals surface area contributed by atoms with Crippen LogP contribution in [-0.4, -0.2) is 52.1 Å². The van der Waals surface area contributed by atoms with E-state index in [0.717, 1.165) is 39.5 Å². The molecule has 1 unspecified atom stereocenters. The minimum Gasteiger partial charge on any atom is -0.384 e. The van der Waals surface area contributed by atoms with Crippen molar-refractivity contribution in [1.29, 1.82) is 0 Å². The van der Waals surface area contributed by atoms with Gasteiger partial charge in [0.2, 0.25) is 0 Å². The van der Waals surface area contributed by atoms with Gasteiger partial charge in [-0.2, -0.15) is 0 Å². The van der Waals surface area contributed by atoms with E-state index in [2.05, 4.69) is 17.6 Å². The van der Waals surface area contributed by atoms with Crippen LogP contribution in [0.3, 0.4) is 0 Å². The predicted molar refractivity (Wildman–Crippen MR) is 72.9 cm³/mol. The number of nitrogens with one attached hydrogen (secondary N) is 2. The van der Waals surface area contributed by atoms with E-state index in [9.17, 15) is 0 Å². The monoisotopic (exact) mass is 256 g/mol. The van der Waals surface area contributed by atoms with Gasteiger partial charge in [-0.3, -0.25) is 0 Å². The third-order valence-corrected chi connectivity index (χ3v) is 4.44. The summed E-state index contributed by atoms with van der Waals surface area (Å²) in [6, 6.07) is 0. The topological polar surface area (TPSA) is 42.5 Å². The molecule has 0 spiro atoms. The zero-order chi connectivity index (χ0) is 12.9. The first-order valence-electron chi connectivity index (χ1n) is 7.21. The van der Waals surface area contributed by atoms with Gasteiger partial charge in [-0.25, -0.2) is 0 Å². The number of hydrogen-bond donors (Lipinski definition) is 2. The molecule has 0 bridgehead atoms. The number of piperidine rings is 1. The Labute approximate surface area is 111 Å². The highest BCUT2D eigenvalue weighted by Gasteiger charge is 2.35. The maximum absolute atomic E-state index is 5.61. The summed E-state index contributed by atoms with van der Waals surface area (Å²) < 4.78 is 11.1. The van der Waals surface area contributed by atoms with Crippen LogP contribution in [0.5, 0.6) is 0 Å². The molecule has 2 N–H and O–H groups in total. The second kappa shape index (κ2) is 6.33. The minimum absolute atomic E-state index is 0.157. The molecule has 0 aromatic heterocycles. The average Bonchev–Trinajstić information content (AvgIpc) is 2.39. The van der Waals surface area contributed by atoms with Gasteiger partial charge in [-0.15, -0.1) is 0 Å². The second-order valence-electron chi connectivity index (χ2n) is 6.25. The van der Waals surface area contributed by atoms with Gasteiger partial charge in [0.1, 0.15) is 0 Å². The summed E-state index contributed by atoms with van der Waals surface area (Å²) in [5, 5.41) is 7.20. The van der Waals surface area contributed by atoms with Crippen molar-refractivity contribution in [2.75, 3.05) is 46.6 Å². The van der Waals surface area contributed by atoms with Crippen LogP contribution in [0.15, 0.2) is 0 Å². The van der Waals surface area contributed by atoms with Crippen LogP contribution in [0.2, 0.25) is 0 Å². The Morgan fingerprint density at radius 3 is 2.67 bits per heavy atom. The van der Waals surface area contributed by atoms with Gasteiger partial charge in [0.05, 0.1) is 13.2 Å². The third kappa shape index (κ3) is 3.67. The Kier molecular flexibility index (Phi) is 5.01. The van der Waals surface area contributed by atoms with E-state index in [4.69, 9.17) is 9.47 Å². The van der Waals surface area contributed by atoms with Crippen molar-refractivity contribution < 1.29 is 9.47 Å². The molecule has 0 aromatic carbocycles. The molecule has 1 atom stereocenters. The molecule has 0 saturated carbocycles. The van der Waals surface area contributed by atoms with Crippen molar-refractivity contribution in [3.63, 3.8) is 0 Å². The van der Waals surface area contributed by atoms with E-state index in [1.807, 2.05) is 7.11 Å². The van der Waals surface area contributed by atoms with Gasteiger partial charge in [-0.05, 0) is 45.7 Å². The van der Waals surface area contributed by atoms with Crippen LogP contribution >= 0.6 is 0 Å². The fourth-order valence-corrected chi connectivity index (χ4v) is 3.11. The maximum Gasteiger partial charge on any atom is 0.0645 e. The summed E-state index contributed by atoms with van der Waals surface area (Å²) in [6.07, 6.45) is 4.78. The molecule has 2 fully saturated rings. The largest absolute Gasteiger partial charge is 0.384 e. The van der Waals surface area contributed by atoms with Crippen LogP contribution in [0.25, 0.3) is 0 Å². The number of methoxy groups -OCH3 is 1. The highest BCUT2D eigenvalue weighted by molar-refractivity contribution is 4.92. The van der Waals surface area contributed by atoms with Crippen molar-refractivity contribution in [2.45, 2.75) is 38.1 Å². The van der Waals surface area contributed by atoms with Gasteiger partial charge in [0.25, 0.3) is 0 Å². The van der Waals surface area contributed by atoms with Gasteiger partial charge in [0.15, 0.2) is 0 Å². The summed E-state index contributed by atoms with van der Waals surface area (Å²) in [5.74, 6) is 0. The lowest BCUT2D eigenvalue weighted by molar-refractivity contribution is 0.00674. The van der Waals surface area contributed by atoms with Crippen molar-refractivity contribution in [1.82, 2.24) is 10.6 Å². The lowest BCUT2D eigenvalue weighted by atomic mass is 9.78. The molecule has 2 aliphatic rings. The van der Waals surface area contributed by atoms with Crippen molar-refractivity contribution in [3.05, 3.63) is 0 Å². The maximum atomic E-state index is 5.61. The Hall–Kier alpha value is -0.160. The SMILES string of the molecule is COCC1(CNC2(C)CCCOC2)CCNCC1. The molecule has 2 aliphatic heterocycles. The van der Waals surface area contributed by atoms with Gasteiger partial charge in [0, 0.05) is 31.2 Å². The van der Waals surface area contributed by atoms with Crippen LogP contribution < -0.4 is 10.6 Å².